The lowest BCUT2D eigenvalue weighted by Gasteiger charge is -2.30. The van der Waals surface area contributed by atoms with Gasteiger partial charge in [-0.2, -0.15) is 0 Å². The van der Waals surface area contributed by atoms with Gasteiger partial charge in [0.2, 0.25) is 6.79 Å². The fourth-order valence-electron chi connectivity index (χ4n) is 4.36. The van der Waals surface area contributed by atoms with Crippen LogP contribution in [0.3, 0.4) is 0 Å². The van der Waals surface area contributed by atoms with Gasteiger partial charge < -0.3 is 43.2 Å². The average molecular weight is 633 g/mol. The molecule has 4 atom stereocenters. The number of esters is 2. The molecule has 1 saturated heterocycles. The van der Waals surface area contributed by atoms with Crippen LogP contribution in [-0.2, 0) is 44.4 Å². The molecule has 0 aliphatic carbocycles. The average Bonchev–Trinajstić information content (AvgIpc) is 3.05. The lowest BCUT2D eigenvalue weighted by molar-refractivity contribution is -0.165. The van der Waals surface area contributed by atoms with Crippen LogP contribution in [0.5, 0.6) is 11.5 Å². The molecule has 14 heteroatoms. The second-order valence-corrected chi connectivity index (χ2v) is 10.5. The van der Waals surface area contributed by atoms with E-state index in [-0.39, 0.29) is 42.7 Å². The summed E-state index contributed by atoms with van der Waals surface area (Å²) in [6.45, 7) is 4.88. The van der Waals surface area contributed by atoms with E-state index in [0.29, 0.717) is 6.61 Å². The van der Waals surface area contributed by atoms with Gasteiger partial charge in [0.25, 0.3) is 5.91 Å². The molecule has 4 unspecified atom stereocenters. The number of carbonyl (C=O) groups is 4. The van der Waals surface area contributed by atoms with Crippen molar-refractivity contribution in [3.63, 3.8) is 0 Å². The molecule has 0 bridgehead atoms. The number of nitrogens with zero attached hydrogens (tertiary/aromatic N) is 1. The van der Waals surface area contributed by atoms with Crippen LogP contribution >= 0.6 is 0 Å². The lowest BCUT2D eigenvalue weighted by atomic mass is 9.91. The number of cyclic esters (lactones) is 2. The Morgan fingerprint density at radius 3 is 2.49 bits per heavy atom. The van der Waals surface area contributed by atoms with E-state index in [9.17, 15) is 19.2 Å². The summed E-state index contributed by atoms with van der Waals surface area (Å²) in [5.41, 5.74) is 0.585. The number of rotatable bonds is 14. The number of hydrogen-bond acceptors (Lipinski definition) is 13. The third-order valence-corrected chi connectivity index (χ3v) is 6.56. The van der Waals surface area contributed by atoms with Crippen LogP contribution in [0.2, 0.25) is 0 Å². The van der Waals surface area contributed by atoms with E-state index in [1.54, 1.807) is 6.92 Å². The number of hydrogen-bond donors (Lipinski definition) is 1. The maximum atomic E-state index is 13.4. The standard InChI is InChI=1S/C31H40N2O12/c1-19(2)16-41-26-20(3)45-30(36)23(17-42-29(35)22(26)15-21-9-7-6-8-10-21)33-28(34)25-27(24(39-5)11-12-32-25)43-18-44-31(37)40-14-13-38-4/h6-12,19-20,22-23,26H,13-18H2,1-5H3,(H,33,34). The van der Waals surface area contributed by atoms with Crippen LogP contribution in [0.15, 0.2) is 42.6 Å². The number of aromatic nitrogens is 1. The molecule has 1 amide bonds. The van der Waals surface area contributed by atoms with Crippen molar-refractivity contribution in [3.05, 3.63) is 53.9 Å². The minimum Gasteiger partial charge on any atom is -0.493 e. The largest absolute Gasteiger partial charge is 0.511 e. The van der Waals surface area contributed by atoms with E-state index < -0.39 is 61.6 Å². The summed E-state index contributed by atoms with van der Waals surface area (Å²) in [6.07, 6.45) is -1.11. The molecule has 1 aliphatic rings. The summed E-state index contributed by atoms with van der Waals surface area (Å²) in [5.74, 6) is -3.02. The highest BCUT2D eigenvalue weighted by Gasteiger charge is 2.40. The van der Waals surface area contributed by atoms with Crippen molar-refractivity contribution in [1.82, 2.24) is 10.3 Å². The molecule has 1 fully saturated rings. The monoisotopic (exact) mass is 632 g/mol. The normalized spacial score (nSPS) is 20.1. The molecule has 1 aliphatic heterocycles. The number of pyridine rings is 1. The Kier molecular flexibility index (Phi) is 13.8. The molecular formula is C31H40N2O12. The minimum absolute atomic E-state index is 0.0303. The van der Waals surface area contributed by atoms with Gasteiger partial charge in [0.05, 0.1) is 19.6 Å². The molecule has 246 valence electrons. The molecule has 2 heterocycles. The quantitative estimate of drug-likeness (QED) is 0.140. The van der Waals surface area contributed by atoms with Gasteiger partial charge in [-0.1, -0.05) is 44.2 Å². The Hall–Kier alpha value is -4.43. The molecule has 0 saturated carbocycles. The van der Waals surface area contributed by atoms with Crippen LogP contribution in [0, 0.1) is 11.8 Å². The molecule has 0 spiro atoms. The Morgan fingerprint density at radius 1 is 1.04 bits per heavy atom. The maximum Gasteiger partial charge on any atom is 0.511 e. The summed E-state index contributed by atoms with van der Waals surface area (Å²) < 4.78 is 42.6. The first-order valence-corrected chi connectivity index (χ1v) is 14.4. The zero-order valence-electron chi connectivity index (χ0n) is 26.0. The predicted octanol–water partition coefficient (Wildman–Crippen LogP) is 2.71. The lowest BCUT2D eigenvalue weighted by Crippen LogP contribution is -2.46. The third kappa shape index (κ3) is 10.6. The van der Waals surface area contributed by atoms with E-state index in [4.69, 9.17) is 37.9 Å². The zero-order chi connectivity index (χ0) is 32.8. The van der Waals surface area contributed by atoms with E-state index in [0.717, 1.165) is 5.56 Å². The van der Waals surface area contributed by atoms with Gasteiger partial charge in [-0.05, 0) is 24.8 Å². The molecule has 1 aromatic carbocycles. The van der Waals surface area contributed by atoms with E-state index in [1.807, 2.05) is 44.2 Å². The fraction of sp³-hybridized carbons (Fsp3) is 0.516. The van der Waals surface area contributed by atoms with Crippen LogP contribution < -0.4 is 14.8 Å². The van der Waals surface area contributed by atoms with Crippen LogP contribution in [0.4, 0.5) is 4.79 Å². The van der Waals surface area contributed by atoms with E-state index in [2.05, 4.69) is 10.3 Å². The van der Waals surface area contributed by atoms with Gasteiger partial charge in [-0.25, -0.2) is 14.6 Å². The van der Waals surface area contributed by atoms with Crippen molar-refractivity contribution in [2.45, 2.75) is 45.4 Å². The highest BCUT2D eigenvalue weighted by molar-refractivity contribution is 5.98. The maximum absolute atomic E-state index is 13.4. The first-order chi connectivity index (χ1) is 21.6. The van der Waals surface area contributed by atoms with Crippen molar-refractivity contribution in [2.75, 3.05) is 47.4 Å². The molecule has 2 aromatic rings. The van der Waals surface area contributed by atoms with Crippen LogP contribution in [0.1, 0.15) is 36.8 Å². The molecule has 1 aromatic heterocycles. The SMILES string of the molecule is COCCOC(=O)OCOc1c(OC)ccnc1C(=O)NC1COC(=O)C(Cc2ccccc2)C(OCC(C)C)C(C)OC1=O. The summed E-state index contributed by atoms with van der Waals surface area (Å²) in [6, 6.07) is 9.39. The second kappa shape index (κ2) is 17.8. The fourth-order valence-corrected chi connectivity index (χ4v) is 4.36. The number of methoxy groups -OCH3 is 2. The highest BCUT2D eigenvalue weighted by atomic mass is 16.8. The van der Waals surface area contributed by atoms with Crippen LogP contribution in [0.25, 0.3) is 0 Å². The topological polar surface area (TPSA) is 167 Å². The Bertz CT molecular complexity index is 1270. The Morgan fingerprint density at radius 2 is 1.80 bits per heavy atom. The first-order valence-electron chi connectivity index (χ1n) is 14.4. The van der Waals surface area contributed by atoms with Crippen molar-refractivity contribution in [1.29, 1.82) is 0 Å². The summed E-state index contributed by atoms with van der Waals surface area (Å²) in [7, 11) is 2.78. The number of carbonyl (C=O) groups excluding carboxylic acids is 4. The summed E-state index contributed by atoms with van der Waals surface area (Å²) in [4.78, 5) is 55.9. The van der Waals surface area contributed by atoms with Crippen LogP contribution in [-0.4, -0.2) is 94.7 Å². The van der Waals surface area contributed by atoms with Gasteiger partial charge >= 0.3 is 18.1 Å². The number of amides is 1. The van der Waals surface area contributed by atoms with E-state index >= 15 is 0 Å². The Balaban J connectivity index is 1.78. The molecule has 45 heavy (non-hydrogen) atoms. The third-order valence-electron chi connectivity index (χ3n) is 6.56. The zero-order valence-corrected chi connectivity index (χ0v) is 26.0. The van der Waals surface area contributed by atoms with Gasteiger partial charge in [-0.15, -0.1) is 0 Å². The van der Waals surface area contributed by atoms with Gasteiger partial charge in [-0.3, -0.25) is 9.59 Å². The minimum atomic E-state index is -1.39. The van der Waals surface area contributed by atoms with Crippen molar-refractivity contribution < 1.29 is 57.1 Å². The van der Waals surface area contributed by atoms with E-state index in [1.165, 1.54) is 26.5 Å². The van der Waals surface area contributed by atoms with Crippen molar-refractivity contribution >= 4 is 24.0 Å². The van der Waals surface area contributed by atoms with Crippen molar-refractivity contribution in [2.24, 2.45) is 11.8 Å². The smallest absolute Gasteiger partial charge is 0.493 e. The molecule has 14 nitrogen and oxygen atoms in total. The molecule has 0 radical (unpaired) electrons. The molecule has 3 rings (SSSR count). The van der Waals surface area contributed by atoms with Gasteiger partial charge in [0.1, 0.15) is 25.4 Å². The first kappa shape index (κ1) is 35.1. The van der Waals surface area contributed by atoms with Gasteiger partial charge in [0, 0.05) is 26.0 Å². The number of ether oxygens (including phenoxy) is 8. The highest BCUT2D eigenvalue weighted by Crippen LogP contribution is 2.30. The Labute approximate surface area is 261 Å². The number of nitrogens with one attached hydrogen (secondary N) is 1. The second-order valence-electron chi connectivity index (χ2n) is 10.5. The number of benzene rings is 1. The molecule has 1 N–H and O–H groups in total. The molecular weight excluding hydrogens is 592 g/mol. The summed E-state index contributed by atoms with van der Waals surface area (Å²) >= 11 is 0. The van der Waals surface area contributed by atoms with Crippen molar-refractivity contribution in [3.8, 4) is 11.5 Å². The summed E-state index contributed by atoms with van der Waals surface area (Å²) in [5, 5.41) is 2.50. The predicted molar refractivity (Wildman–Crippen MR) is 157 cm³/mol. The van der Waals surface area contributed by atoms with Gasteiger partial charge in [0.15, 0.2) is 23.2 Å².